The zero-order valence-electron chi connectivity index (χ0n) is 12.1. The highest BCUT2D eigenvalue weighted by atomic mass is 16.6. The Morgan fingerprint density at radius 1 is 1.29 bits per heavy atom. The minimum absolute atomic E-state index is 0.241. The summed E-state index contributed by atoms with van der Waals surface area (Å²) in [6, 6.07) is 2.99. The van der Waals surface area contributed by atoms with Crippen molar-refractivity contribution in [1.82, 2.24) is 5.32 Å². The summed E-state index contributed by atoms with van der Waals surface area (Å²) < 4.78 is 16.1. The number of aliphatic carboxylic acids is 1. The quantitative estimate of drug-likeness (QED) is 0.862. The molecule has 0 saturated heterocycles. The molecule has 1 aliphatic heterocycles. The number of nitrogens with one attached hydrogen (secondary N) is 1. The monoisotopic (exact) mass is 295 g/mol. The molecule has 1 aromatic rings. The fraction of sp³-hybridized carbons (Fsp3) is 0.429. The van der Waals surface area contributed by atoms with Crippen molar-refractivity contribution in [2.24, 2.45) is 0 Å². The van der Waals surface area contributed by atoms with Crippen LogP contribution in [0, 0.1) is 0 Å². The predicted molar refractivity (Wildman–Crippen MR) is 73.2 cm³/mol. The van der Waals surface area contributed by atoms with Gasteiger partial charge >= 0.3 is 5.97 Å². The number of carboxylic acids is 1. The highest BCUT2D eigenvalue weighted by Gasteiger charge is 2.30. The Balaban J connectivity index is 2.32. The molecule has 0 radical (unpaired) electrons. The van der Waals surface area contributed by atoms with Crippen molar-refractivity contribution >= 4 is 11.9 Å². The van der Waals surface area contributed by atoms with Crippen molar-refractivity contribution in [2.45, 2.75) is 19.4 Å². The second kappa shape index (κ2) is 5.51. The first-order valence-corrected chi connectivity index (χ1v) is 6.38. The lowest BCUT2D eigenvalue weighted by molar-refractivity contribution is -0.143. The van der Waals surface area contributed by atoms with E-state index in [9.17, 15) is 9.59 Å². The summed E-state index contributed by atoms with van der Waals surface area (Å²) in [5, 5.41) is 11.5. The molecule has 1 aromatic carbocycles. The third-order valence-corrected chi connectivity index (χ3v) is 3.05. The fourth-order valence-electron chi connectivity index (χ4n) is 1.81. The maximum absolute atomic E-state index is 12.2. The zero-order valence-corrected chi connectivity index (χ0v) is 12.1. The van der Waals surface area contributed by atoms with Crippen LogP contribution in [-0.4, -0.2) is 42.8 Å². The van der Waals surface area contributed by atoms with Gasteiger partial charge in [0.05, 0.1) is 7.11 Å². The molecule has 1 amide bonds. The number of ether oxygens (including phenoxy) is 3. The van der Waals surface area contributed by atoms with Crippen LogP contribution in [0.3, 0.4) is 0 Å². The Kier molecular flexibility index (Phi) is 3.93. The van der Waals surface area contributed by atoms with Gasteiger partial charge in [0, 0.05) is 5.56 Å². The third-order valence-electron chi connectivity index (χ3n) is 3.05. The molecule has 0 spiro atoms. The average Bonchev–Trinajstić information content (AvgIpc) is 2.45. The number of rotatable bonds is 4. The summed E-state index contributed by atoms with van der Waals surface area (Å²) >= 11 is 0. The molecule has 114 valence electrons. The topological polar surface area (TPSA) is 94.1 Å². The number of methoxy groups -OCH3 is 1. The lowest BCUT2D eigenvalue weighted by Gasteiger charge is -2.23. The minimum atomic E-state index is -1.38. The minimum Gasteiger partial charge on any atom is -0.493 e. The van der Waals surface area contributed by atoms with E-state index in [1.165, 1.54) is 33.1 Å². The van der Waals surface area contributed by atoms with E-state index in [1.807, 2.05) is 0 Å². The SMILES string of the molecule is COc1cc(C(=O)NC(C)(C)C(=O)O)cc2c1OCCO2. The van der Waals surface area contributed by atoms with Crippen LogP contribution in [-0.2, 0) is 4.79 Å². The van der Waals surface area contributed by atoms with Crippen LogP contribution in [0.2, 0.25) is 0 Å². The highest BCUT2D eigenvalue weighted by molar-refractivity contribution is 5.98. The number of carboxylic acid groups (broad SMARTS) is 1. The van der Waals surface area contributed by atoms with Gasteiger partial charge in [0.15, 0.2) is 11.5 Å². The van der Waals surface area contributed by atoms with E-state index < -0.39 is 17.4 Å². The van der Waals surface area contributed by atoms with Gasteiger partial charge in [-0.15, -0.1) is 0 Å². The summed E-state index contributed by atoms with van der Waals surface area (Å²) in [5.74, 6) is -0.444. The van der Waals surface area contributed by atoms with Crippen molar-refractivity contribution in [2.75, 3.05) is 20.3 Å². The van der Waals surface area contributed by atoms with E-state index in [1.54, 1.807) is 0 Å². The smallest absolute Gasteiger partial charge is 0.328 e. The number of fused-ring (bicyclic) bond motifs is 1. The highest BCUT2D eigenvalue weighted by Crippen LogP contribution is 2.40. The van der Waals surface area contributed by atoms with Gasteiger partial charge in [-0.3, -0.25) is 4.79 Å². The molecule has 1 heterocycles. The summed E-state index contributed by atoms with van der Waals surface area (Å²) in [7, 11) is 1.45. The maximum atomic E-state index is 12.2. The van der Waals surface area contributed by atoms with Gasteiger partial charge in [-0.2, -0.15) is 0 Å². The van der Waals surface area contributed by atoms with Gasteiger partial charge in [-0.1, -0.05) is 0 Å². The zero-order chi connectivity index (χ0) is 15.6. The van der Waals surface area contributed by atoms with Crippen molar-refractivity contribution in [3.8, 4) is 17.2 Å². The summed E-state index contributed by atoms with van der Waals surface area (Å²) in [6.45, 7) is 3.59. The van der Waals surface area contributed by atoms with Crippen LogP contribution in [0.5, 0.6) is 17.2 Å². The van der Waals surface area contributed by atoms with Crippen LogP contribution >= 0.6 is 0 Å². The first kappa shape index (κ1) is 15.0. The second-order valence-corrected chi connectivity index (χ2v) is 5.09. The predicted octanol–water partition coefficient (Wildman–Crippen LogP) is 1.06. The van der Waals surface area contributed by atoms with Crippen molar-refractivity contribution in [3.63, 3.8) is 0 Å². The maximum Gasteiger partial charge on any atom is 0.328 e. The number of carbonyl (C=O) groups excluding carboxylic acids is 1. The fourth-order valence-corrected chi connectivity index (χ4v) is 1.81. The number of benzene rings is 1. The lowest BCUT2D eigenvalue weighted by atomic mass is 10.0. The molecule has 7 heteroatoms. The van der Waals surface area contributed by atoms with Crippen molar-refractivity contribution in [1.29, 1.82) is 0 Å². The van der Waals surface area contributed by atoms with E-state index in [2.05, 4.69) is 5.32 Å². The largest absolute Gasteiger partial charge is 0.493 e. The first-order chi connectivity index (χ1) is 9.85. The molecule has 0 aliphatic carbocycles. The second-order valence-electron chi connectivity index (χ2n) is 5.09. The van der Waals surface area contributed by atoms with Gasteiger partial charge in [-0.05, 0) is 26.0 Å². The summed E-state index contributed by atoms with van der Waals surface area (Å²) in [5.41, 5.74) is -1.14. The van der Waals surface area contributed by atoms with E-state index in [4.69, 9.17) is 19.3 Å². The van der Waals surface area contributed by atoms with Crippen LogP contribution in [0.15, 0.2) is 12.1 Å². The number of amides is 1. The van der Waals surface area contributed by atoms with Gasteiger partial charge in [0.2, 0.25) is 5.75 Å². The van der Waals surface area contributed by atoms with Gasteiger partial charge in [0.1, 0.15) is 18.8 Å². The molecular weight excluding hydrogens is 278 g/mol. The Bertz CT molecular complexity index is 564. The van der Waals surface area contributed by atoms with Gasteiger partial charge in [-0.25, -0.2) is 4.79 Å². The molecule has 0 aromatic heterocycles. The van der Waals surface area contributed by atoms with Crippen LogP contribution in [0.25, 0.3) is 0 Å². The van der Waals surface area contributed by atoms with E-state index in [-0.39, 0.29) is 5.56 Å². The Morgan fingerprint density at radius 2 is 1.95 bits per heavy atom. The molecule has 0 bridgehead atoms. The molecule has 2 rings (SSSR count). The van der Waals surface area contributed by atoms with Gasteiger partial charge in [0.25, 0.3) is 5.91 Å². The molecule has 0 fully saturated rings. The van der Waals surface area contributed by atoms with Crippen LogP contribution < -0.4 is 19.5 Å². The molecule has 21 heavy (non-hydrogen) atoms. The number of carbonyl (C=O) groups is 2. The Hall–Kier alpha value is -2.44. The van der Waals surface area contributed by atoms with E-state index >= 15 is 0 Å². The standard InChI is InChI=1S/C14H17NO6/c1-14(2,13(17)18)15-12(16)8-6-9(19-3)11-10(7-8)20-4-5-21-11/h6-7H,4-5H2,1-3H3,(H,15,16)(H,17,18). The number of hydrogen-bond donors (Lipinski definition) is 2. The molecule has 2 N–H and O–H groups in total. The Labute approximate surface area is 121 Å². The molecule has 0 unspecified atom stereocenters. The molecular formula is C14H17NO6. The van der Waals surface area contributed by atoms with Crippen molar-refractivity contribution in [3.05, 3.63) is 17.7 Å². The summed E-state index contributed by atoms with van der Waals surface area (Å²) in [4.78, 5) is 23.3. The van der Waals surface area contributed by atoms with Gasteiger partial charge < -0.3 is 24.6 Å². The average molecular weight is 295 g/mol. The van der Waals surface area contributed by atoms with E-state index in [0.29, 0.717) is 30.5 Å². The summed E-state index contributed by atoms with van der Waals surface area (Å²) in [6.07, 6.45) is 0. The number of hydrogen-bond acceptors (Lipinski definition) is 5. The molecule has 0 saturated carbocycles. The molecule has 0 atom stereocenters. The van der Waals surface area contributed by atoms with Crippen LogP contribution in [0.4, 0.5) is 0 Å². The first-order valence-electron chi connectivity index (χ1n) is 6.38. The van der Waals surface area contributed by atoms with Crippen molar-refractivity contribution < 1.29 is 28.9 Å². The van der Waals surface area contributed by atoms with E-state index in [0.717, 1.165) is 0 Å². The Morgan fingerprint density at radius 3 is 2.57 bits per heavy atom. The normalized spacial score (nSPS) is 13.5. The third kappa shape index (κ3) is 3.01. The molecule has 1 aliphatic rings. The van der Waals surface area contributed by atoms with Crippen LogP contribution in [0.1, 0.15) is 24.2 Å². The molecule has 7 nitrogen and oxygen atoms in total. The lowest BCUT2D eigenvalue weighted by Crippen LogP contribution is -2.49.